The minimum absolute atomic E-state index is 0.0884. The summed E-state index contributed by atoms with van der Waals surface area (Å²) >= 11 is 6.72. The van der Waals surface area contributed by atoms with Crippen molar-refractivity contribution in [2.75, 3.05) is 12.4 Å². The topological polar surface area (TPSA) is 82.5 Å². The Labute approximate surface area is 232 Å². The summed E-state index contributed by atoms with van der Waals surface area (Å²) in [5.41, 5.74) is 4.09. The van der Waals surface area contributed by atoms with Gasteiger partial charge in [0.1, 0.15) is 18.4 Å². The third kappa shape index (κ3) is 5.99. The number of carbonyl (C=O) groups excluding carboxylic acids is 1. The van der Waals surface area contributed by atoms with Crippen LogP contribution in [0.25, 0.3) is 0 Å². The molecule has 8 heteroatoms. The third-order valence-corrected chi connectivity index (χ3v) is 7.21. The summed E-state index contributed by atoms with van der Waals surface area (Å²) in [5, 5.41) is 3.33. The van der Waals surface area contributed by atoms with Crippen molar-refractivity contribution in [3.05, 3.63) is 122 Å². The minimum atomic E-state index is -0.801. The first-order valence-corrected chi connectivity index (χ1v) is 13.3. The molecule has 0 bridgehead atoms. The van der Waals surface area contributed by atoms with Crippen LogP contribution in [0.1, 0.15) is 46.3 Å². The second kappa shape index (κ2) is 11.7. The Morgan fingerprint density at radius 1 is 1.03 bits per heavy atom. The number of rotatable bonds is 9. The number of benzene rings is 3. The molecule has 2 atom stereocenters. The van der Waals surface area contributed by atoms with Crippen LogP contribution in [0.2, 0.25) is 5.15 Å². The quantitative estimate of drug-likeness (QED) is 0.267. The Balaban J connectivity index is 1.45. The summed E-state index contributed by atoms with van der Waals surface area (Å²) in [6.07, 6.45) is 1.03. The highest BCUT2D eigenvalue weighted by molar-refractivity contribution is 6.30. The molecule has 0 unspecified atom stereocenters. The maximum atomic E-state index is 13.8. The van der Waals surface area contributed by atoms with Crippen molar-refractivity contribution in [2.45, 2.75) is 44.9 Å². The first kappa shape index (κ1) is 26.5. The van der Waals surface area contributed by atoms with Gasteiger partial charge < -0.3 is 14.8 Å². The van der Waals surface area contributed by atoms with E-state index in [0.29, 0.717) is 25.1 Å². The van der Waals surface area contributed by atoms with Crippen LogP contribution < -0.4 is 15.6 Å². The van der Waals surface area contributed by atoms with Crippen molar-refractivity contribution in [1.29, 1.82) is 0 Å². The highest BCUT2D eigenvalue weighted by Gasteiger charge is 2.40. The number of aryl methyl sites for hydroxylation is 1. The number of methoxy groups -OCH3 is 1. The van der Waals surface area contributed by atoms with Crippen LogP contribution in [0.5, 0.6) is 5.75 Å². The van der Waals surface area contributed by atoms with Crippen LogP contribution in [-0.2, 0) is 29.1 Å². The number of nitrogens with one attached hydrogen (secondary N) is 1. The average Bonchev–Trinajstić information content (AvgIpc) is 3.33. The van der Waals surface area contributed by atoms with Crippen molar-refractivity contribution in [3.8, 4) is 5.75 Å². The minimum Gasteiger partial charge on any atom is -0.497 e. The predicted molar refractivity (Wildman–Crippen MR) is 151 cm³/mol. The summed E-state index contributed by atoms with van der Waals surface area (Å²) in [6.45, 7) is 2.44. The number of hydrogen-bond donors (Lipinski definition) is 1. The molecule has 7 nitrogen and oxygen atoms in total. The SMILES string of the molecule is COc1cc(C)cc(CNc2nc(Cl)c3n(c2=O)[C@H](C(=O)OCc2ccccc2)C[C@@H]3Cc2ccccc2)c1. The zero-order chi connectivity index (χ0) is 27.4. The Hall–Kier alpha value is -4.10. The largest absolute Gasteiger partial charge is 0.497 e. The summed E-state index contributed by atoms with van der Waals surface area (Å²) in [4.78, 5) is 31.6. The van der Waals surface area contributed by atoms with Crippen LogP contribution in [-0.4, -0.2) is 22.6 Å². The molecule has 2 heterocycles. The zero-order valence-electron chi connectivity index (χ0n) is 21.9. The summed E-state index contributed by atoms with van der Waals surface area (Å²) in [7, 11) is 1.61. The van der Waals surface area contributed by atoms with Crippen molar-refractivity contribution >= 4 is 23.4 Å². The normalized spacial score (nSPS) is 16.0. The van der Waals surface area contributed by atoms with Gasteiger partial charge in [-0.15, -0.1) is 0 Å². The molecule has 0 fully saturated rings. The number of halogens is 1. The average molecular weight is 544 g/mol. The Morgan fingerprint density at radius 2 is 1.72 bits per heavy atom. The molecule has 0 saturated heterocycles. The van der Waals surface area contributed by atoms with Gasteiger partial charge in [-0.2, -0.15) is 0 Å². The van der Waals surface area contributed by atoms with E-state index in [-0.39, 0.29) is 23.5 Å². The van der Waals surface area contributed by atoms with Crippen LogP contribution >= 0.6 is 11.6 Å². The lowest BCUT2D eigenvalue weighted by Gasteiger charge is -2.16. The third-order valence-electron chi connectivity index (χ3n) is 6.94. The van der Waals surface area contributed by atoms with E-state index >= 15 is 0 Å². The number of carbonyl (C=O) groups is 1. The van der Waals surface area contributed by atoms with Gasteiger partial charge in [0.15, 0.2) is 11.0 Å². The van der Waals surface area contributed by atoms with Crippen molar-refractivity contribution in [3.63, 3.8) is 0 Å². The molecule has 1 aliphatic heterocycles. The van der Waals surface area contributed by atoms with Crippen molar-refractivity contribution in [2.24, 2.45) is 0 Å². The molecular weight excluding hydrogens is 514 g/mol. The van der Waals surface area contributed by atoms with Gasteiger partial charge in [0.2, 0.25) is 0 Å². The van der Waals surface area contributed by atoms with E-state index in [2.05, 4.69) is 10.3 Å². The molecule has 1 aliphatic rings. The lowest BCUT2D eigenvalue weighted by molar-refractivity contribution is -0.149. The summed E-state index contributed by atoms with van der Waals surface area (Å²) in [5.74, 6) is 0.192. The lowest BCUT2D eigenvalue weighted by Crippen LogP contribution is -2.31. The first-order chi connectivity index (χ1) is 18.9. The van der Waals surface area contributed by atoms with Gasteiger partial charge in [0.25, 0.3) is 5.56 Å². The molecule has 1 N–H and O–H groups in total. The van der Waals surface area contributed by atoms with E-state index in [4.69, 9.17) is 21.1 Å². The highest BCUT2D eigenvalue weighted by Crippen LogP contribution is 2.41. The van der Waals surface area contributed by atoms with E-state index in [1.54, 1.807) is 7.11 Å². The van der Waals surface area contributed by atoms with Crippen molar-refractivity contribution < 1.29 is 14.3 Å². The molecule has 200 valence electrons. The Kier molecular flexibility index (Phi) is 7.98. The van der Waals surface area contributed by atoms with E-state index in [0.717, 1.165) is 28.0 Å². The van der Waals surface area contributed by atoms with Gasteiger partial charge in [-0.05, 0) is 54.2 Å². The van der Waals surface area contributed by atoms with E-state index in [1.807, 2.05) is 85.8 Å². The van der Waals surface area contributed by atoms with Crippen LogP contribution in [0.15, 0.2) is 83.7 Å². The van der Waals surface area contributed by atoms with Gasteiger partial charge in [-0.25, -0.2) is 9.78 Å². The maximum absolute atomic E-state index is 13.8. The lowest BCUT2D eigenvalue weighted by atomic mass is 9.94. The number of nitrogens with zero attached hydrogens (tertiary/aromatic N) is 2. The molecule has 1 aromatic heterocycles. The van der Waals surface area contributed by atoms with Gasteiger partial charge >= 0.3 is 5.97 Å². The fourth-order valence-electron chi connectivity index (χ4n) is 5.14. The molecule has 4 aromatic rings. The summed E-state index contributed by atoms with van der Waals surface area (Å²) < 4.78 is 12.5. The molecule has 5 rings (SSSR count). The molecule has 0 amide bonds. The molecule has 3 aromatic carbocycles. The first-order valence-electron chi connectivity index (χ1n) is 12.9. The van der Waals surface area contributed by atoms with Gasteiger partial charge in [0.05, 0.1) is 12.8 Å². The smallest absolute Gasteiger partial charge is 0.329 e. The summed E-state index contributed by atoms with van der Waals surface area (Å²) in [6, 6.07) is 24.4. The van der Waals surface area contributed by atoms with Gasteiger partial charge in [0, 0.05) is 12.5 Å². The van der Waals surface area contributed by atoms with E-state index in [9.17, 15) is 9.59 Å². The zero-order valence-corrected chi connectivity index (χ0v) is 22.6. The number of hydrogen-bond acceptors (Lipinski definition) is 6. The second-order valence-corrected chi connectivity index (χ2v) is 10.1. The van der Waals surface area contributed by atoms with Crippen LogP contribution in [0.3, 0.4) is 0 Å². The van der Waals surface area contributed by atoms with Gasteiger partial charge in [-0.1, -0.05) is 78.3 Å². The predicted octanol–water partition coefficient (Wildman–Crippen LogP) is 5.84. The second-order valence-electron chi connectivity index (χ2n) is 9.76. The molecule has 0 aliphatic carbocycles. The molecular formula is C31H30ClN3O4. The number of ether oxygens (including phenoxy) is 2. The molecule has 0 saturated carbocycles. The maximum Gasteiger partial charge on any atom is 0.329 e. The van der Waals surface area contributed by atoms with Crippen molar-refractivity contribution in [1.82, 2.24) is 9.55 Å². The fraction of sp³-hybridized carbons (Fsp3) is 0.258. The highest BCUT2D eigenvalue weighted by atomic mass is 35.5. The van der Waals surface area contributed by atoms with E-state index < -0.39 is 17.6 Å². The number of fused-ring (bicyclic) bond motifs is 1. The molecule has 0 spiro atoms. The van der Waals surface area contributed by atoms with Crippen LogP contribution in [0, 0.1) is 6.92 Å². The standard InChI is InChI=1S/C31H30ClN3O4/c1-20-13-23(16-25(14-20)38-2)18-33-29-30(36)35-26(31(37)39-19-22-11-7-4-8-12-22)17-24(27(35)28(32)34-29)15-21-9-5-3-6-10-21/h3-14,16,24,26H,15,17-19H2,1-2H3,(H,33,34)/t24-,26-/m0/s1. The molecule has 0 radical (unpaired) electrons. The Morgan fingerprint density at radius 3 is 2.41 bits per heavy atom. The fourth-order valence-corrected chi connectivity index (χ4v) is 5.47. The number of anilines is 1. The monoisotopic (exact) mass is 543 g/mol. The van der Waals surface area contributed by atoms with Crippen LogP contribution in [0.4, 0.5) is 5.82 Å². The number of esters is 1. The van der Waals surface area contributed by atoms with E-state index in [1.165, 1.54) is 4.57 Å². The number of aromatic nitrogens is 2. The Bertz CT molecular complexity index is 1520. The molecule has 39 heavy (non-hydrogen) atoms. The van der Waals surface area contributed by atoms with Gasteiger partial charge in [-0.3, -0.25) is 9.36 Å².